The lowest BCUT2D eigenvalue weighted by Crippen LogP contribution is -2.16. The van der Waals surface area contributed by atoms with Gasteiger partial charge in [-0.15, -0.1) is 0 Å². The molecule has 21 heavy (non-hydrogen) atoms. The van der Waals surface area contributed by atoms with E-state index in [1.165, 1.54) is 0 Å². The van der Waals surface area contributed by atoms with E-state index in [1.807, 2.05) is 19.1 Å². The quantitative estimate of drug-likeness (QED) is 0.668. The van der Waals surface area contributed by atoms with Crippen molar-refractivity contribution in [3.63, 3.8) is 0 Å². The number of aryl methyl sites for hydroxylation is 1. The van der Waals surface area contributed by atoms with Crippen LogP contribution in [0.5, 0.6) is 11.5 Å². The van der Waals surface area contributed by atoms with Gasteiger partial charge in [0, 0.05) is 21.3 Å². The van der Waals surface area contributed by atoms with Crippen LogP contribution in [0.2, 0.25) is 0 Å². The van der Waals surface area contributed by atoms with E-state index >= 15 is 0 Å². The summed E-state index contributed by atoms with van der Waals surface area (Å²) in [6.07, 6.45) is 0. The fraction of sp³-hybridized carbons (Fsp3) is 0.188. The van der Waals surface area contributed by atoms with Crippen LogP contribution in [0.25, 0.3) is 0 Å². The molecule has 0 aromatic heterocycles. The molecule has 0 spiro atoms. The van der Waals surface area contributed by atoms with Gasteiger partial charge in [-0.2, -0.15) is 0 Å². The predicted molar refractivity (Wildman–Crippen MR) is 84.2 cm³/mol. The molecule has 1 aliphatic heterocycles. The Bertz CT molecular complexity index is 707. The minimum Gasteiger partial charge on any atom is -0.486 e. The number of benzene rings is 2. The van der Waals surface area contributed by atoms with Gasteiger partial charge in [0.05, 0.1) is 0 Å². The first-order valence-corrected chi connectivity index (χ1v) is 7.35. The van der Waals surface area contributed by atoms with Gasteiger partial charge in [0.1, 0.15) is 13.2 Å². The third-order valence-corrected chi connectivity index (χ3v) is 3.89. The molecule has 0 bridgehead atoms. The summed E-state index contributed by atoms with van der Waals surface area (Å²) in [5, 5.41) is 0. The molecule has 0 radical (unpaired) electrons. The summed E-state index contributed by atoms with van der Waals surface area (Å²) in [6, 6.07) is 8.80. The van der Waals surface area contributed by atoms with Crippen LogP contribution in [0.1, 0.15) is 21.5 Å². The third kappa shape index (κ3) is 2.74. The second-order valence-corrected chi connectivity index (χ2v) is 5.79. The molecule has 0 amide bonds. The largest absolute Gasteiger partial charge is 0.486 e. The molecule has 2 N–H and O–H groups in total. The van der Waals surface area contributed by atoms with Crippen molar-refractivity contribution in [3.05, 3.63) is 51.5 Å². The fourth-order valence-electron chi connectivity index (χ4n) is 2.34. The van der Waals surface area contributed by atoms with Crippen molar-refractivity contribution >= 4 is 27.4 Å². The number of nitrogens with two attached hydrogens (primary N) is 1. The third-order valence-electron chi connectivity index (χ3n) is 3.24. The van der Waals surface area contributed by atoms with Crippen molar-refractivity contribution in [1.82, 2.24) is 0 Å². The van der Waals surface area contributed by atoms with Crippen molar-refractivity contribution in [2.75, 3.05) is 18.9 Å². The molecule has 0 saturated carbocycles. The van der Waals surface area contributed by atoms with Crippen LogP contribution < -0.4 is 15.2 Å². The molecule has 2 aromatic rings. The Morgan fingerprint density at radius 1 is 1.10 bits per heavy atom. The molecule has 3 rings (SSSR count). The van der Waals surface area contributed by atoms with Crippen LogP contribution in [-0.4, -0.2) is 19.0 Å². The van der Waals surface area contributed by atoms with Crippen molar-refractivity contribution in [2.24, 2.45) is 0 Å². The summed E-state index contributed by atoms with van der Waals surface area (Å²) >= 11 is 3.42. The molecule has 0 saturated heterocycles. The van der Waals surface area contributed by atoms with Gasteiger partial charge in [0.15, 0.2) is 17.3 Å². The van der Waals surface area contributed by atoms with Crippen molar-refractivity contribution in [1.29, 1.82) is 0 Å². The maximum absolute atomic E-state index is 12.7. The number of hydrogen-bond acceptors (Lipinski definition) is 4. The number of carbonyl (C=O) groups excluding carboxylic acids is 1. The smallest absolute Gasteiger partial charge is 0.194 e. The Morgan fingerprint density at radius 2 is 1.76 bits per heavy atom. The molecular weight excluding hydrogens is 334 g/mol. The molecule has 0 unspecified atom stereocenters. The topological polar surface area (TPSA) is 61.6 Å². The average Bonchev–Trinajstić information content (AvgIpc) is 2.44. The Labute approximate surface area is 131 Å². The number of carbonyl (C=O) groups is 1. The predicted octanol–water partition coefficient (Wildman–Crippen LogP) is 3.34. The number of fused-ring (bicyclic) bond motifs is 1. The van der Waals surface area contributed by atoms with Gasteiger partial charge in [-0.05, 0) is 58.7 Å². The normalized spacial score (nSPS) is 13.0. The van der Waals surface area contributed by atoms with Gasteiger partial charge in [-0.1, -0.05) is 0 Å². The van der Waals surface area contributed by atoms with E-state index in [0.717, 1.165) is 5.56 Å². The van der Waals surface area contributed by atoms with Crippen LogP contribution in [0, 0.1) is 6.92 Å². The maximum atomic E-state index is 12.7. The van der Waals surface area contributed by atoms with E-state index in [9.17, 15) is 4.79 Å². The highest BCUT2D eigenvalue weighted by molar-refractivity contribution is 9.10. The standard InChI is InChI=1S/C16H14BrNO3/c1-9-4-10(6-11(18)5-9)16(19)12-7-14-15(8-13(12)17)21-3-2-20-14/h4-8H,2-3,18H2,1H3. The van der Waals surface area contributed by atoms with Crippen LogP contribution in [-0.2, 0) is 0 Å². The zero-order valence-electron chi connectivity index (χ0n) is 11.5. The Morgan fingerprint density at radius 3 is 2.43 bits per heavy atom. The molecule has 108 valence electrons. The highest BCUT2D eigenvalue weighted by Gasteiger charge is 2.20. The molecule has 0 atom stereocenters. The van der Waals surface area contributed by atoms with Gasteiger partial charge in [0.25, 0.3) is 0 Å². The minimum atomic E-state index is -0.103. The Kier molecular flexibility index (Phi) is 3.59. The zero-order valence-corrected chi connectivity index (χ0v) is 13.1. The Hall–Kier alpha value is -2.01. The zero-order chi connectivity index (χ0) is 15.0. The number of hydrogen-bond donors (Lipinski definition) is 1. The summed E-state index contributed by atoms with van der Waals surface area (Å²) in [6.45, 7) is 2.91. The monoisotopic (exact) mass is 347 g/mol. The highest BCUT2D eigenvalue weighted by atomic mass is 79.9. The van der Waals surface area contributed by atoms with Gasteiger partial charge in [-0.25, -0.2) is 0 Å². The van der Waals surface area contributed by atoms with Crippen molar-refractivity contribution in [2.45, 2.75) is 6.92 Å². The first-order valence-electron chi connectivity index (χ1n) is 6.55. The SMILES string of the molecule is Cc1cc(N)cc(C(=O)c2cc3c(cc2Br)OCCO3)c1. The van der Waals surface area contributed by atoms with Crippen molar-refractivity contribution < 1.29 is 14.3 Å². The molecule has 2 aromatic carbocycles. The summed E-state index contributed by atoms with van der Waals surface area (Å²) in [7, 11) is 0. The number of ketones is 1. The number of rotatable bonds is 2. The highest BCUT2D eigenvalue weighted by Crippen LogP contribution is 2.36. The summed E-state index contributed by atoms with van der Waals surface area (Å²) < 4.78 is 11.7. The van der Waals surface area contributed by atoms with Crippen LogP contribution in [0.15, 0.2) is 34.8 Å². The molecule has 0 fully saturated rings. The summed E-state index contributed by atoms with van der Waals surface area (Å²) in [5.74, 6) is 1.14. The number of ether oxygens (including phenoxy) is 2. The molecular formula is C16H14BrNO3. The lowest BCUT2D eigenvalue weighted by atomic mass is 10.0. The van der Waals surface area contributed by atoms with Gasteiger partial charge >= 0.3 is 0 Å². The first-order chi connectivity index (χ1) is 10.0. The molecule has 1 heterocycles. The molecule has 1 aliphatic rings. The van der Waals surface area contributed by atoms with Gasteiger partial charge in [0.2, 0.25) is 0 Å². The van der Waals surface area contributed by atoms with Gasteiger partial charge in [-0.3, -0.25) is 4.79 Å². The lowest BCUT2D eigenvalue weighted by Gasteiger charge is -2.19. The van der Waals surface area contributed by atoms with Crippen LogP contribution in [0.4, 0.5) is 5.69 Å². The number of nitrogen functional groups attached to an aromatic ring is 1. The lowest BCUT2D eigenvalue weighted by molar-refractivity contribution is 0.103. The minimum absolute atomic E-state index is 0.103. The summed E-state index contributed by atoms with van der Waals surface area (Å²) in [5.41, 5.74) is 8.43. The average molecular weight is 348 g/mol. The molecule has 5 heteroatoms. The van der Waals surface area contributed by atoms with Crippen LogP contribution >= 0.6 is 15.9 Å². The van der Waals surface area contributed by atoms with Crippen molar-refractivity contribution in [3.8, 4) is 11.5 Å². The second kappa shape index (κ2) is 5.41. The first kappa shape index (κ1) is 13.9. The maximum Gasteiger partial charge on any atom is 0.194 e. The molecule has 0 aliphatic carbocycles. The second-order valence-electron chi connectivity index (χ2n) is 4.94. The van der Waals surface area contributed by atoms with E-state index in [4.69, 9.17) is 15.2 Å². The van der Waals surface area contributed by atoms with E-state index in [2.05, 4.69) is 15.9 Å². The fourth-order valence-corrected chi connectivity index (χ4v) is 2.84. The van der Waals surface area contributed by atoms with E-state index in [1.54, 1.807) is 18.2 Å². The Balaban J connectivity index is 2.05. The summed E-state index contributed by atoms with van der Waals surface area (Å²) in [4.78, 5) is 12.7. The van der Waals surface area contributed by atoms with E-state index in [0.29, 0.717) is 46.0 Å². The van der Waals surface area contributed by atoms with E-state index < -0.39 is 0 Å². The van der Waals surface area contributed by atoms with E-state index in [-0.39, 0.29) is 5.78 Å². The van der Waals surface area contributed by atoms with Gasteiger partial charge < -0.3 is 15.2 Å². The molecule has 4 nitrogen and oxygen atoms in total. The number of halogens is 1. The number of anilines is 1. The van der Waals surface area contributed by atoms with Crippen LogP contribution in [0.3, 0.4) is 0 Å².